The molecule has 3 aromatic rings. The molecular weight excluding hydrogens is 384 g/mol. The molecule has 0 fully saturated rings. The Kier molecular flexibility index (Phi) is 3.96. The van der Waals surface area contributed by atoms with Gasteiger partial charge in [0.15, 0.2) is 0 Å². The van der Waals surface area contributed by atoms with Crippen LogP contribution in [0.25, 0.3) is 11.0 Å². The Hall–Kier alpha value is -1.83. The van der Waals surface area contributed by atoms with Crippen LogP contribution in [0.4, 0.5) is 10.3 Å². The van der Waals surface area contributed by atoms with E-state index in [-0.39, 0.29) is 5.82 Å². The second-order valence-corrected chi connectivity index (χ2v) is 5.70. The number of hydrogen-bond acceptors (Lipinski definition) is 3. The largest absolute Gasteiger partial charge is 0.492 e. The summed E-state index contributed by atoms with van der Waals surface area (Å²) in [6.07, 6.45) is 0. The Morgan fingerprint density at radius 1 is 1.24 bits per heavy atom. The van der Waals surface area contributed by atoms with Crippen molar-refractivity contribution in [3.63, 3.8) is 0 Å². The number of anilines is 1. The van der Waals surface area contributed by atoms with Crippen LogP contribution < -0.4 is 10.5 Å². The maximum Gasteiger partial charge on any atom is 0.201 e. The topological polar surface area (TPSA) is 53.1 Å². The van der Waals surface area contributed by atoms with Crippen LogP contribution in [0, 0.1) is 9.39 Å². The first-order valence-corrected chi connectivity index (χ1v) is 7.51. The third kappa shape index (κ3) is 2.94. The summed E-state index contributed by atoms with van der Waals surface area (Å²) in [4.78, 5) is 4.25. The molecule has 0 amide bonds. The molecule has 2 aromatic carbocycles. The molecule has 0 saturated carbocycles. The van der Waals surface area contributed by atoms with Crippen LogP contribution in [-0.4, -0.2) is 16.2 Å². The summed E-state index contributed by atoms with van der Waals surface area (Å²) in [5, 5.41) is 0. The molecule has 1 aromatic heterocycles. The van der Waals surface area contributed by atoms with Crippen molar-refractivity contribution in [1.82, 2.24) is 9.55 Å². The highest BCUT2D eigenvalue weighted by molar-refractivity contribution is 14.1. The van der Waals surface area contributed by atoms with Gasteiger partial charge in [-0.25, -0.2) is 9.37 Å². The van der Waals surface area contributed by atoms with Gasteiger partial charge < -0.3 is 15.0 Å². The normalized spacial score (nSPS) is 11.0. The molecule has 0 saturated heterocycles. The molecule has 3 rings (SSSR count). The molecule has 4 nitrogen and oxygen atoms in total. The number of halogens is 2. The number of hydrogen-bond donors (Lipinski definition) is 1. The van der Waals surface area contributed by atoms with Gasteiger partial charge >= 0.3 is 0 Å². The van der Waals surface area contributed by atoms with E-state index in [2.05, 4.69) is 4.98 Å². The first-order valence-electron chi connectivity index (χ1n) is 6.44. The number of rotatable bonds is 4. The van der Waals surface area contributed by atoms with Gasteiger partial charge in [-0.3, -0.25) is 0 Å². The zero-order valence-corrected chi connectivity index (χ0v) is 13.2. The lowest BCUT2D eigenvalue weighted by atomic mass is 10.3. The molecule has 0 atom stereocenters. The van der Waals surface area contributed by atoms with Crippen LogP contribution in [0.5, 0.6) is 5.75 Å². The first-order chi connectivity index (χ1) is 10.1. The standard InChI is InChI=1S/C15H13FIN3O/c16-11-8-14-13(9-12(11)17)19-15(18)20(14)6-7-21-10-4-2-1-3-5-10/h1-5,8-9H,6-7H2,(H2,18,19). The van der Waals surface area contributed by atoms with Gasteiger partial charge in [0.2, 0.25) is 5.95 Å². The fraction of sp³-hybridized carbons (Fsp3) is 0.133. The predicted octanol–water partition coefficient (Wildman–Crippen LogP) is 3.44. The third-order valence-corrected chi connectivity index (χ3v) is 3.97. The molecular formula is C15H13FIN3O. The molecule has 0 bridgehead atoms. The van der Waals surface area contributed by atoms with Gasteiger partial charge in [0.25, 0.3) is 0 Å². The Morgan fingerprint density at radius 2 is 2.00 bits per heavy atom. The highest BCUT2D eigenvalue weighted by atomic mass is 127. The van der Waals surface area contributed by atoms with Crippen molar-refractivity contribution in [1.29, 1.82) is 0 Å². The number of nitrogens with zero attached hydrogens (tertiary/aromatic N) is 2. The number of fused-ring (bicyclic) bond motifs is 1. The third-order valence-electron chi connectivity index (χ3n) is 3.15. The maximum atomic E-state index is 13.7. The summed E-state index contributed by atoms with van der Waals surface area (Å²) in [7, 11) is 0. The van der Waals surface area contributed by atoms with E-state index >= 15 is 0 Å². The average molecular weight is 397 g/mol. The number of imidazole rings is 1. The van der Waals surface area contributed by atoms with E-state index in [0.29, 0.717) is 33.7 Å². The Bertz CT molecular complexity index is 773. The molecule has 6 heteroatoms. The Morgan fingerprint density at radius 3 is 2.76 bits per heavy atom. The summed E-state index contributed by atoms with van der Waals surface area (Å²) < 4.78 is 21.6. The van der Waals surface area contributed by atoms with E-state index in [1.165, 1.54) is 6.07 Å². The molecule has 0 spiro atoms. The smallest absolute Gasteiger partial charge is 0.201 e. The molecule has 108 valence electrons. The number of nitrogens with two attached hydrogens (primary N) is 1. The number of para-hydroxylation sites is 1. The summed E-state index contributed by atoms with van der Waals surface area (Å²) >= 11 is 1.94. The van der Waals surface area contributed by atoms with E-state index in [9.17, 15) is 4.39 Å². The maximum absolute atomic E-state index is 13.7. The number of nitrogen functional groups attached to an aromatic ring is 1. The lowest BCUT2D eigenvalue weighted by Gasteiger charge is -2.09. The zero-order chi connectivity index (χ0) is 14.8. The van der Waals surface area contributed by atoms with Gasteiger partial charge in [-0.1, -0.05) is 18.2 Å². The minimum Gasteiger partial charge on any atom is -0.492 e. The summed E-state index contributed by atoms with van der Waals surface area (Å²) in [6.45, 7) is 0.949. The van der Waals surface area contributed by atoms with Crippen molar-refractivity contribution in [2.75, 3.05) is 12.3 Å². The zero-order valence-electron chi connectivity index (χ0n) is 11.1. The van der Waals surface area contributed by atoms with Gasteiger partial charge in [0.1, 0.15) is 18.2 Å². The SMILES string of the molecule is Nc1nc2cc(I)c(F)cc2n1CCOc1ccccc1. The van der Waals surface area contributed by atoms with Crippen molar-refractivity contribution >= 4 is 39.6 Å². The molecule has 1 heterocycles. The van der Waals surface area contributed by atoms with E-state index in [4.69, 9.17) is 10.5 Å². The quantitative estimate of drug-likeness (QED) is 0.687. The van der Waals surface area contributed by atoms with Gasteiger partial charge in [-0.15, -0.1) is 0 Å². The Balaban J connectivity index is 1.80. The van der Waals surface area contributed by atoms with Crippen LogP contribution >= 0.6 is 22.6 Å². The van der Waals surface area contributed by atoms with Crippen LogP contribution in [-0.2, 0) is 6.54 Å². The Labute approximate surface area is 134 Å². The highest BCUT2D eigenvalue weighted by Gasteiger charge is 2.11. The van der Waals surface area contributed by atoms with E-state index < -0.39 is 0 Å². The van der Waals surface area contributed by atoms with Crippen molar-refractivity contribution in [3.05, 3.63) is 51.9 Å². The van der Waals surface area contributed by atoms with Crippen molar-refractivity contribution in [2.45, 2.75) is 6.54 Å². The number of aromatic nitrogens is 2. The first kappa shape index (κ1) is 14.1. The van der Waals surface area contributed by atoms with Gasteiger partial charge in [0, 0.05) is 6.07 Å². The van der Waals surface area contributed by atoms with Crippen molar-refractivity contribution in [2.24, 2.45) is 0 Å². The van der Waals surface area contributed by atoms with Crippen molar-refractivity contribution < 1.29 is 9.13 Å². The van der Waals surface area contributed by atoms with E-state index in [0.717, 1.165) is 5.75 Å². The number of ether oxygens (including phenoxy) is 1. The summed E-state index contributed by atoms with van der Waals surface area (Å²) in [5.41, 5.74) is 7.28. The minimum absolute atomic E-state index is 0.270. The van der Waals surface area contributed by atoms with Crippen LogP contribution in [0.2, 0.25) is 0 Å². The molecule has 0 aliphatic carbocycles. The minimum atomic E-state index is -0.270. The van der Waals surface area contributed by atoms with Crippen molar-refractivity contribution in [3.8, 4) is 5.75 Å². The van der Waals surface area contributed by atoms with Crippen LogP contribution in [0.1, 0.15) is 0 Å². The molecule has 0 radical (unpaired) electrons. The second kappa shape index (κ2) is 5.88. The molecule has 21 heavy (non-hydrogen) atoms. The second-order valence-electron chi connectivity index (χ2n) is 4.54. The van der Waals surface area contributed by atoms with Gasteiger partial charge in [-0.2, -0.15) is 0 Å². The van der Waals surface area contributed by atoms with Gasteiger partial charge in [-0.05, 0) is 40.8 Å². The van der Waals surface area contributed by atoms with Crippen LogP contribution in [0.3, 0.4) is 0 Å². The molecule has 2 N–H and O–H groups in total. The lowest BCUT2D eigenvalue weighted by molar-refractivity contribution is 0.301. The fourth-order valence-corrected chi connectivity index (χ4v) is 2.60. The number of benzene rings is 2. The predicted molar refractivity (Wildman–Crippen MR) is 88.8 cm³/mol. The highest BCUT2D eigenvalue weighted by Crippen LogP contribution is 2.23. The van der Waals surface area contributed by atoms with E-state index in [1.807, 2.05) is 52.9 Å². The molecule has 0 aliphatic rings. The van der Waals surface area contributed by atoms with E-state index in [1.54, 1.807) is 10.6 Å². The summed E-state index contributed by atoms with van der Waals surface area (Å²) in [6, 6.07) is 12.7. The molecule has 0 aliphatic heterocycles. The average Bonchev–Trinajstić information content (AvgIpc) is 2.76. The fourth-order valence-electron chi connectivity index (χ4n) is 2.15. The molecule has 0 unspecified atom stereocenters. The lowest BCUT2D eigenvalue weighted by Crippen LogP contribution is -2.10. The van der Waals surface area contributed by atoms with Gasteiger partial charge in [0.05, 0.1) is 21.1 Å². The van der Waals surface area contributed by atoms with Crippen LogP contribution in [0.15, 0.2) is 42.5 Å². The monoisotopic (exact) mass is 397 g/mol. The summed E-state index contributed by atoms with van der Waals surface area (Å²) in [5.74, 6) is 0.887.